The molecule has 0 aliphatic carbocycles. The number of halogens is 1. The molecule has 0 radical (unpaired) electrons. The van der Waals surface area contributed by atoms with E-state index in [0.717, 1.165) is 5.56 Å². The van der Waals surface area contributed by atoms with Gasteiger partial charge in [-0.2, -0.15) is 0 Å². The molecule has 0 aliphatic rings. The Bertz CT molecular complexity index is 1300. The maximum atomic E-state index is 11.2. The number of aliphatic imine (C=N–C) groups is 1. The topological polar surface area (TPSA) is 111 Å². The maximum Gasteiger partial charge on any atom is 0.274 e. The van der Waals surface area contributed by atoms with Gasteiger partial charge in [-0.15, -0.1) is 0 Å². The van der Waals surface area contributed by atoms with Gasteiger partial charge in [-0.25, -0.2) is 4.98 Å². The molecular weight excluding hydrogens is 422 g/mol. The summed E-state index contributed by atoms with van der Waals surface area (Å²) >= 11 is 5.92. The fraction of sp³-hybridized carbons (Fsp3) is 0.0909. The summed E-state index contributed by atoms with van der Waals surface area (Å²) in [4.78, 5) is 19.4. The van der Waals surface area contributed by atoms with Crippen LogP contribution in [0.25, 0.3) is 22.6 Å². The van der Waals surface area contributed by atoms with E-state index in [1.807, 2.05) is 12.1 Å². The van der Waals surface area contributed by atoms with E-state index >= 15 is 0 Å². The lowest BCUT2D eigenvalue weighted by Crippen LogP contribution is -1.97. The van der Waals surface area contributed by atoms with Crippen molar-refractivity contribution in [3.8, 4) is 23.0 Å². The Morgan fingerprint density at radius 3 is 2.71 bits per heavy atom. The smallest absolute Gasteiger partial charge is 0.274 e. The van der Waals surface area contributed by atoms with Crippen LogP contribution in [0.5, 0.6) is 11.5 Å². The highest BCUT2D eigenvalue weighted by Gasteiger charge is 2.16. The Balaban J connectivity index is 1.67. The molecule has 0 fully saturated rings. The fourth-order valence-corrected chi connectivity index (χ4v) is 3.07. The highest BCUT2D eigenvalue weighted by atomic mass is 35.5. The zero-order chi connectivity index (χ0) is 22.0. The van der Waals surface area contributed by atoms with Crippen LogP contribution in [0.15, 0.2) is 64.0 Å². The lowest BCUT2D eigenvalue weighted by Gasteiger charge is -2.07. The molecule has 3 aromatic carbocycles. The van der Waals surface area contributed by atoms with Crippen LogP contribution in [0.2, 0.25) is 5.02 Å². The van der Waals surface area contributed by atoms with Crippen molar-refractivity contribution in [2.45, 2.75) is 6.92 Å². The monoisotopic (exact) mass is 437 g/mol. The molecule has 1 heterocycles. The fourth-order valence-electron chi connectivity index (χ4n) is 2.94. The Hall–Kier alpha value is -3.91. The molecule has 0 bridgehead atoms. The summed E-state index contributed by atoms with van der Waals surface area (Å²) in [6.45, 7) is 1.97. The Morgan fingerprint density at radius 2 is 2.00 bits per heavy atom. The number of benzene rings is 3. The van der Waals surface area contributed by atoms with E-state index in [1.54, 1.807) is 37.3 Å². The maximum absolute atomic E-state index is 11.2. The molecule has 4 aromatic rings. The van der Waals surface area contributed by atoms with Crippen molar-refractivity contribution in [3.63, 3.8) is 0 Å². The number of ether oxygens (including phenoxy) is 1. The van der Waals surface area contributed by atoms with Gasteiger partial charge in [-0.1, -0.05) is 11.6 Å². The number of nitro groups is 1. The van der Waals surface area contributed by atoms with E-state index in [1.165, 1.54) is 18.3 Å². The van der Waals surface area contributed by atoms with Crippen molar-refractivity contribution in [2.75, 3.05) is 6.61 Å². The third kappa shape index (κ3) is 4.34. The SMILES string of the molecule is CCOc1cc([N+](=O)[O-])cc(C=Nc2ccc3oc(-c4ccc(Cl)cc4)nc3c2)c1O. The summed E-state index contributed by atoms with van der Waals surface area (Å²) in [5, 5.41) is 22.1. The van der Waals surface area contributed by atoms with Crippen LogP contribution < -0.4 is 4.74 Å². The number of hydrogen-bond acceptors (Lipinski definition) is 7. The van der Waals surface area contributed by atoms with E-state index in [4.69, 9.17) is 20.8 Å². The van der Waals surface area contributed by atoms with Gasteiger partial charge >= 0.3 is 0 Å². The minimum absolute atomic E-state index is 0.0257. The van der Waals surface area contributed by atoms with Crippen molar-refractivity contribution >= 4 is 40.3 Å². The first-order valence-electron chi connectivity index (χ1n) is 9.29. The van der Waals surface area contributed by atoms with Crippen LogP contribution in [-0.4, -0.2) is 27.8 Å². The van der Waals surface area contributed by atoms with E-state index < -0.39 is 4.92 Å². The summed E-state index contributed by atoms with van der Waals surface area (Å²) in [5.41, 5.74) is 2.46. The molecule has 0 saturated carbocycles. The molecule has 31 heavy (non-hydrogen) atoms. The second kappa shape index (κ2) is 8.45. The summed E-state index contributed by atoms with van der Waals surface area (Å²) in [6.07, 6.45) is 1.34. The standard InChI is InChI=1S/C22H16ClN3O5/c1-2-30-20-11-17(26(28)29)9-14(21(20)27)12-24-16-7-8-19-18(10-16)25-22(31-19)13-3-5-15(23)6-4-13/h3-12,27H,2H2,1H3. The predicted molar refractivity (Wildman–Crippen MR) is 118 cm³/mol. The molecule has 0 aliphatic heterocycles. The lowest BCUT2D eigenvalue weighted by molar-refractivity contribution is -0.385. The molecule has 9 heteroatoms. The molecule has 0 spiro atoms. The molecule has 0 saturated heterocycles. The number of aromatic nitrogens is 1. The second-order valence-electron chi connectivity index (χ2n) is 6.51. The van der Waals surface area contributed by atoms with Gasteiger partial charge in [0.15, 0.2) is 17.1 Å². The minimum Gasteiger partial charge on any atom is -0.504 e. The first-order valence-corrected chi connectivity index (χ1v) is 9.67. The van der Waals surface area contributed by atoms with Gasteiger partial charge in [0, 0.05) is 28.4 Å². The van der Waals surface area contributed by atoms with Crippen molar-refractivity contribution in [1.82, 2.24) is 4.98 Å². The van der Waals surface area contributed by atoms with Crippen LogP contribution in [0, 0.1) is 10.1 Å². The van der Waals surface area contributed by atoms with Crippen molar-refractivity contribution in [2.24, 2.45) is 4.99 Å². The molecule has 0 amide bonds. The summed E-state index contributed by atoms with van der Waals surface area (Å²) < 4.78 is 11.1. The molecule has 1 N–H and O–H groups in total. The molecule has 8 nitrogen and oxygen atoms in total. The largest absolute Gasteiger partial charge is 0.504 e. The van der Waals surface area contributed by atoms with Crippen LogP contribution in [-0.2, 0) is 0 Å². The Morgan fingerprint density at radius 1 is 1.23 bits per heavy atom. The Labute approximate surface area is 181 Å². The van der Waals surface area contributed by atoms with Gasteiger partial charge in [0.2, 0.25) is 5.89 Å². The van der Waals surface area contributed by atoms with Crippen LogP contribution in [0.3, 0.4) is 0 Å². The number of rotatable bonds is 6. The molecule has 0 atom stereocenters. The molecule has 156 valence electrons. The number of nitro benzene ring substituents is 1. The number of phenols is 1. The third-order valence-corrected chi connectivity index (χ3v) is 4.67. The molecule has 0 unspecified atom stereocenters. The number of aromatic hydroxyl groups is 1. The van der Waals surface area contributed by atoms with Crippen molar-refractivity contribution in [3.05, 3.63) is 75.3 Å². The highest BCUT2D eigenvalue weighted by Crippen LogP contribution is 2.34. The van der Waals surface area contributed by atoms with Gasteiger partial charge in [-0.3, -0.25) is 15.1 Å². The quantitative estimate of drug-likeness (QED) is 0.228. The average molecular weight is 438 g/mol. The van der Waals surface area contributed by atoms with Crippen molar-refractivity contribution < 1.29 is 19.2 Å². The number of nitrogens with zero attached hydrogens (tertiary/aromatic N) is 3. The third-order valence-electron chi connectivity index (χ3n) is 4.41. The zero-order valence-electron chi connectivity index (χ0n) is 16.3. The highest BCUT2D eigenvalue weighted by molar-refractivity contribution is 6.30. The van der Waals surface area contributed by atoms with Gasteiger partial charge in [0.25, 0.3) is 5.69 Å². The zero-order valence-corrected chi connectivity index (χ0v) is 17.0. The minimum atomic E-state index is -0.557. The number of hydrogen-bond donors (Lipinski definition) is 1. The second-order valence-corrected chi connectivity index (χ2v) is 6.94. The van der Waals surface area contributed by atoms with E-state index in [-0.39, 0.29) is 29.4 Å². The van der Waals surface area contributed by atoms with Gasteiger partial charge in [-0.05, 0) is 49.4 Å². The first-order chi connectivity index (χ1) is 14.9. The van der Waals surface area contributed by atoms with Gasteiger partial charge in [0.05, 0.1) is 23.3 Å². The van der Waals surface area contributed by atoms with Gasteiger partial charge < -0.3 is 14.3 Å². The summed E-state index contributed by atoms with van der Waals surface area (Å²) in [5.74, 6) is 0.256. The normalized spacial score (nSPS) is 11.3. The molecule has 1 aromatic heterocycles. The van der Waals surface area contributed by atoms with E-state index in [0.29, 0.717) is 27.7 Å². The van der Waals surface area contributed by atoms with Crippen LogP contribution in [0.4, 0.5) is 11.4 Å². The number of oxazole rings is 1. The summed E-state index contributed by atoms with van der Waals surface area (Å²) in [6, 6.07) is 14.7. The van der Waals surface area contributed by atoms with E-state index in [9.17, 15) is 15.2 Å². The van der Waals surface area contributed by atoms with Crippen molar-refractivity contribution in [1.29, 1.82) is 0 Å². The molecule has 4 rings (SSSR count). The first kappa shape index (κ1) is 20.4. The molecular formula is C22H16ClN3O5. The summed E-state index contributed by atoms with van der Waals surface area (Å²) in [7, 11) is 0. The predicted octanol–water partition coefficient (Wildman–Crippen LogP) is 5.91. The average Bonchev–Trinajstić information content (AvgIpc) is 3.18. The Kier molecular flexibility index (Phi) is 5.55. The number of fused-ring (bicyclic) bond motifs is 1. The van der Waals surface area contributed by atoms with E-state index in [2.05, 4.69) is 9.98 Å². The van der Waals surface area contributed by atoms with Gasteiger partial charge in [0.1, 0.15) is 5.52 Å². The van der Waals surface area contributed by atoms with Crippen LogP contribution in [0.1, 0.15) is 12.5 Å². The van der Waals surface area contributed by atoms with Crippen LogP contribution >= 0.6 is 11.6 Å². The number of phenolic OH excluding ortho intramolecular Hbond substituents is 1. The number of non-ortho nitro benzene ring substituents is 1. The lowest BCUT2D eigenvalue weighted by atomic mass is 10.1.